The second-order valence-corrected chi connectivity index (χ2v) is 8.94. The molecule has 2 aromatic heterocycles. The third kappa shape index (κ3) is 5.31. The Morgan fingerprint density at radius 1 is 1.10 bits per heavy atom. The second kappa shape index (κ2) is 9.98. The van der Waals surface area contributed by atoms with E-state index in [4.69, 9.17) is 0 Å². The average Bonchev–Trinajstić information content (AvgIpc) is 3.57. The third-order valence-corrected chi connectivity index (χ3v) is 6.36. The highest BCUT2D eigenvalue weighted by Gasteiger charge is 2.35. The molecule has 0 bridgehead atoms. The highest BCUT2D eigenvalue weighted by molar-refractivity contribution is 7.12. The van der Waals surface area contributed by atoms with Crippen LogP contribution in [-0.2, 0) is 6.18 Å². The van der Waals surface area contributed by atoms with E-state index in [0.29, 0.717) is 5.56 Å². The number of nitrogens with one attached hydrogen (secondary N) is 1. The van der Waals surface area contributed by atoms with Crippen molar-refractivity contribution >= 4 is 39.9 Å². The number of carbonyl (C=O) groups excluding carboxylic acids is 1. The standard InChI is InChI=1S/C25H15F3N6O4S/c26-25(27,28)22-11-20(16-6-5-14-3-1-2-4-15(14)9-16)33(32-22)24-30-19(13-39-24)23(36)31-29-12-17-10-18(34(37)38)7-8-21(17)35/h1-13,35H,(H,31,36)/b29-12-. The Morgan fingerprint density at radius 3 is 2.62 bits per heavy atom. The molecule has 0 spiro atoms. The van der Waals surface area contributed by atoms with E-state index < -0.39 is 22.7 Å². The summed E-state index contributed by atoms with van der Waals surface area (Å²) < 4.78 is 41.7. The Kier molecular flexibility index (Phi) is 6.54. The number of non-ortho nitro benzene ring substituents is 1. The summed E-state index contributed by atoms with van der Waals surface area (Å²) in [4.78, 5) is 26.9. The van der Waals surface area contributed by atoms with Gasteiger partial charge in [0.25, 0.3) is 11.6 Å². The van der Waals surface area contributed by atoms with Crippen molar-refractivity contribution < 1.29 is 28.0 Å². The van der Waals surface area contributed by atoms with Gasteiger partial charge in [0, 0.05) is 28.6 Å². The van der Waals surface area contributed by atoms with Crippen LogP contribution in [0.5, 0.6) is 5.75 Å². The van der Waals surface area contributed by atoms with E-state index in [-0.39, 0.29) is 33.5 Å². The van der Waals surface area contributed by atoms with Gasteiger partial charge < -0.3 is 5.11 Å². The number of benzene rings is 3. The predicted molar refractivity (Wildman–Crippen MR) is 137 cm³/mol. The smallest absolute Gasteiger partial charge is 0.435 e. The molecule has 2 heterocycles. The zero-order valence-corrected chi connectivity index (χ0v) is 20.3. The lowest BCUT2D eigenvalue weighted by Gasteiger charge is -2.06. The molecule has 0 unspecified atom stereocenters. The van der Waals surface area contributed by atoms with E-state index in [9.17, 15) is 33.2 Å². The average molecular weight is 552 g/mol. The molecule has 0 atom stereocenters. The number of amides is 1. The number of phenolic OH excluding ortho intramolecular Hbond substituents is 1. The van der Waals surface area contributed by atoms with E-state index in [0.717, 1.165) is 57.3 Å². The molecular formula is C25H15F3N6O4S. The molecule has 3 aromatic carbocycles. The third-order valence-electron chi connectivity index (χ3n) is 5.54. The highest BCUT2D eigenvalue weighted by atomic mass is 32.1. The normalized spacial score (nSPS) is 11.8. The molecule has 14 heteroatoms. The number of aromatic nitrogens is 3. The summed E-state index contributed by atoms with van der Waals surface area (Å²) in [6.45, 7) is 0. The van der Waals surface area contributed by atoms with Crippen molar-refractivity contribution in [3.63, 3.8) is 0 Å². The minimum Gasteiger partial charge on any atom is -0.507 e. The van der Waals surface area contributed by atoms with Gasteiger partial charge in [-0.2, -0.15) is 23.4 Å². The van der Waals surface area contributed by atoms with Crippen molar-refractivity contribution in [2.75, 3.05) is 0 Å². The van der Waals surface area contributed by atoms with Crippen molar-refractivity contribution in [2.45, 2.75) is 6.18 Å². The first-order valence-electron chi connectivity index (χ1n) is 11.0. The molecular weight excluding hydrogens is 537 g/mol. The number of nitro benzene ring substituents is 1. The van der Waals surface area contributed by atoms with Gasteiger partial charge >= 0.3 is 6.18 Å². The van der Waals surface area contributed by atoms with Gasteiger partial charge in [-0.05, 0) is 29.0 Å². The predicted octanol–water partition coefficient (Wildman–Crippen LogP) is 5.55. The summed E-state index contributed by atoms with van der Waals surface area (Å²) in [5.74, 6) is -1.09. The molecule has 5 rings (SSSR count). The Labute approximate surface area is 220 Å². The lowest BCUT2D eigenvalue weighted by Crippen LogP contribution is -2.18. The quantitative estimate of drug-likeness (QED) is 0.161. The summed E-state index contributed by atoms with van der Waals surface area (Å²) in [5.41, 5.74) is 1.20. The molecule has 0 aliphatic heterocycles. The molecule has 5 aromatic rings. The zero-order valence-electron chi connectivity index (χ0n) is 19.5. The molecule has 2 N–H and O–H groups in total. The molecule has 196 valence electrons. The van der Waals surface area contributed by atoms with Crippen LogP contribution < -0.4 is 5.43 Å². The van der Waals surface area contributed by atoms with Crippen molar-refractivity contribution in [1.29, 1.82) is 0 Å². The molecule has 1 amide bonds. The minimum atomic E-state index is -4.71. The first-order chi connectivity index (χ1) is 18.6. The maximum Gasteiger partial charge on any atom is 0.435 e. The summed E-state index contributed by atoms with van der Waals surface area (Å²) in [5, 5.41) is 31.2. The van der Waals surface area contributed by atoms with Gasteiger partial charge in [-0.1, -0.05) is 36.4 Å². The van der Waals surface area contributed by atoms with Gasteiger partial charge in [-0.3, -0.25) is 14.9 Å². The summed E-state index contributed by atoms with van der Waals surface area (Å²) >= 11 is 0.899. The SMILES string of the molecule is O=C(N/N=C\c1cc([N+](=O)[O-])ccc1O)c1csc(-n2nc(C(F)(F)F)cc2-c2ccc3ccccc3c2)n1. The topological polar surface area (TPSA) is 136 Å². The molecule has 39 heavy (non-hydrogen) atoms. The highest BCUT2D eigenvalue weighted by Crippen LogP contribution is 2.34. The van der Waals surface area contributed by atoms with E-state index in [2.05, 4.69) is 20.6 Å². The van der Waals surface area contributed by atoms with E-state index in [1.54, 1.807) is 18.2 Å². The van der Waals surface area contributed by atoms with Crippen LogP contribution in [0.25, 0.3) is 27.2 Å². The maximum absolute atomic E-state index is 13.5. The van der Waals surface area contributed by atoms with Crippen LogP contribution in [0.1, 0.15) is 21.7 Å². The molecule has 0 aliphatic carbocycles. The zero-order chi connectivity index (χ0) is 27.7. The molecule has 0 radical (unpaired) electrons. The fraction of sp³-hybridized carbons (Fsp3) is 0.0400. The number of aromatic hydroxyl groups is 1. The van der Waals surface area contributed by atoms with Gasteiger partial charge in [-0.25, -0.2) is 15.1 Å². The Hall–Kier alpha value is -5.11. The van der Waals surface area contributed by atoms with Crippen LogP contribution in [0.4, 0.5) is 18.9 Å². The van der Waals surface area contributed by atoms with Gasteiger partial charge in [0.2, 0.25) is 5.13 Å². The lowest BCUT2D eigenvalue weighted by atomic mass is 10.0. The van der Waals surface area contributed by atoms with Crippen LogP contribution >= 0.6 is 11.3 Å². The van der Waals surface area contributed by atoms with Crippen molar-refractivity contribution in [1.82, 2.24) is 20.2 Å². The molecule has 0 saturated heterocycles. The number of nitro groups is 1. The Balaban J connectivity index is 1.43. The molecule has 0 saturated carbocycles. The van der Waals surface area contributed by atoms with Gasteiger partial charge in [-0.15, -0.1) is 11.3 Å². The Bertz CT molecular complexity index is 1760. The summed E-state index contributed by atoms with van der Waals surface area (Å²) in [6, 6.07) is 16.8. The number of alkyl halides is 3. The fourth-order valence-corrected chi connectivity index (χ4v) is 4.43. The van der Waals surface area contributed by atoms with Crippen LogP contribution in [0.15, 0.2) is 77.2 Å². The van der Waals surface area contributed by atoms with Crippen molar-refractivity contribution in [3.8, 4) is 22.1 Å². The summed E-state index contributed by atoms with van der Waals surface area (Å²) in [6.07, 6.45) is -3.70. The number of halogens is 3. The molecule has 0 aliphatic rings. The molecule has 0 fully saturated rings. The number of hydrogen-bond acceptors (Lipinski definition) is 8. The van der Waals surface area contributed by atoms with Crippen molar-refractivity contribution in [3.05, 3.63) is 99.2 Å². The van der Waals surface area contributed by atoms with E-state index in [1.165, 1.54) is 5.38 Å². The van der Waals surface area contributed by atoms with E-state index in [1.807, 2.05) is 24.3 Å². The van der Waals surface area contributed by atoms with Gasteiger partial charge in [0.1, 0.15) is 11.4 Å². The monoisotopic (exact) mass is 552 g/mol. The number of phenols is 1. The number of rotatable bonds is 6. The first-order valence-corrected chi connectivity index (χ1v) is 11.9. The maximum atomic E-state index is 13.5. The largest absolute Gasteiger partial charge is 0.507 e. The van der Waals surface area contributed by atoms with Crippen LogP contribution in [0, 0.1) is 10.1 Å². The number of hydrazone groups is 1. The number of thiazole rings is 1. The van der Waals surface area contributed by atoms with Crippen LogP contribution in [-0.4, -0.2) is 36.9 Å². The minimum absolute atomic E-state index is 0.0131. The Morgan fingerprint density at radius 2 is 1.87 bits per heavy atom. The fourth-order valence-electron chi connectivity index (χ4n) is 3.66. The second-order valence-electron chi connectivity index (χ2n) is 8.10. The lowest BCUT2D eigenvalue weighted by molar-refractivity contribution is -0.384. The number of nitrogens with zero attached hydrogens (tertiary/aromatic N) is 5. The number of hydrogen-bond donors (Lipinski definition) is 2. The van der Waals surface area contributed by atoms with E-state index >= 15 is 0 Å². The van der Waals surface area contributed by atoms with Crippen LogP contribution in [0.2, 0.25) is 0 Å². The van der Waals surface area contributed by atoms with Gasteiger partial charge in [0.15, 0.2) is 5.69 Å². The molecule has 10 nitrogen and oxygen atoms in total. The summed E-state index contributed by atoms with van der Waals surface area (Å²) in [7, 11) is 0. The van der Waals surface area contributed by atoms with Crippen LogP contribution in [0.3, 0.4) is 0 Å². The first kappa shape index (κ1) is 25.5. The van der Waals surface area contributed by atoms with Gasteiger partial charge in [0.05, 0.1) is 16.8 Å². The van der Waals surface area contributed by atoms with Crippen molar-refractivity contribution in [2.24, 2.45) is 5.10 Å². The number of fused-ring (bicyclic) bond motifs is 1. The number of carbonyl (C=O) groups is 1.